The van der Waals surface area contributed by atoms with Gasteiger partial charge in [0.25, 0.3) is 5.91 Å². The highest BCUT2D eigenvalue weighted by molar-refractivity contribution is 5.78. The van der Waals surface area contributed by atoms with E-state index in [4.69, 9.17) is 15.2 Å². The summed E-state index contributed by atoms with van der Waals surface area (Å²) in [7, 11) is 0. The zero-order chi connectivity index (χ0) is 13.9. The van der Waals surface area contributed by atoms with Gasteiger partial charge in [-0.1, -0.05) is 0 Å². The molecule has 19 heavy (non-hydrogen) atoms. The zero-order valence-electron chi connectivity index (χ0n) is 11.3. The number of amides is 1. The second kappa shape index (κ2) is 5.48. The third-order valence-electron chi connectivity index (χ3n) is 3.56. The second-order valence-electron chi connectivity index (χ2n) is 5.09. The molecule has 0 aromatic heterocycles. The Hall–Kier alpha value is -1.75. The van der Waals surface area contributed by atoms with Crippen LogP contribution in [-0.2, 0) is 9.53 Å². The van der Waals surface area contributed by atoms with E-state index >= 15 is 0 Å². The van der Waals surface area contributed by atoms with E-state index in [1.54, 1.807) is 24.3 Å². The molecule has 1 aromatic rings. The molecule has 0 radical (unpaired) electrons. The fraction of sp³-hybridized carbons (Fsp3) is 0.500. The molecule has 0 spiro atoms. The molecule has 1 saturated heterocycles. The molecular weight excluding hydrogens is 244 g/mol. The summed E-state index contributed by atoms with van der Waals surface area (Å²) in [5, 5.41) is 2.97. The van der Waals surface area contributed by atoms with E-state index in [2.05, 4.69) is 5.32 Å². The van der Waals surface area contributed by atoms with Crippen molar-refractivity contribution in [3.05, 3.63) is 24.3 Å². The number of anilines is 1. The monoisotopic (exact) mass is 264 g/mol. The minimum absolute atomic E-state index is 0.00771. The van der Waals surface area contributed by atoms with E-state index in [9.17, 15) is 4.79 Å². The highest BCUT2D eigenvalue weighted by Gasteiger charge is 2.38. The summed E-state index contributed by atoms with van der Waals surface area (Å²) >= 11 is 0. The van der Waals surface area contributed by atoms with Crippen molar-refractivity contribution in [1.82, 2.24) is 5.32 Å². The predicted octanol–water partition coefficient (Wildman–Crippen LogP) is 1.33. The summed E-state index contributed by atoms with van der Waals surface area (Å²) in [5.41, 5.74) is 5.94. The first-order valence-electron chi connectivity index (χ1n) is 6.40. The van der Waals surface area contributed by atoms with E-state index in [0.29, 0.717) is 18.0 Å². The topological polar surface area (TPSA) is 73.6 Å². The number of ether oxygens (including phenoxy) is 2. The zero-order valence-corrected chi connectivity index (χ0v) is 11.3. The Kier molecular flexibility index (Phi) is 3.95. The molecule has 3 N–H and O–H groups in total. The predicted molar refractivity (Wildman–Crippen MR) is 72.9 cm³/mol. The van der Waals surface area contributed by atoms with Crippen LogP contribution in [0.5, 0.6) is 5.75 Å². The minimum Gasteiger partial charge on any atom is -0.484 e. The van der Waals surface area contributed by atoms with Gasteiger partial charge in [0.05, 0.1) is 11.6 Å². The average molecular weight is 264 g/mol. The molecule has 5 nitrogen and oxygen atoms in total. The molecule has 1 amide bonds. The number of nitrogen functional groups attached to an aromatic ring is 1. The van der Waals surface area contributed by atoms with E-state index in [1.165, 1.54) is 0 Å². The van der Waals surface area contributed by atoms with Gasteiger partial charge in [-0.25, -0.2) is 0 Å². The molecular formula is C14H20N2O3. The number of rotatable bonds is 4. The number of benzene rings is 1. The molecule has 1 aliphatic rings. The van der Waals surface area contributed by atoms with E-state index in [0.717, 1.165) is 6.42 Å². The van der Waals surface area contributed by atoms with Crippen LogP contribution in [0.4, 0.5) is 5.69 Å². The Morgan fingerprint density at radius 2 is 2.21 bits per heavy atom. The molecule has 2 unspecified atom stereocenters. The number of hydrogen-bond acceptors (Lipinski definition) is 4. The number of carbonyl (C=O) groups is 1. The Labute approximate surface area is 113 Å². The van der Waals surface area contributed by atoms with Gasteiger partial charge in [0.2, 0.25) is 0 Å². The van der Waals surface area contributed by atoms with Crippen molar-refractivity contribution in [2.45, 2.75) is 31.9 Å². The van der Waals surface area contributed by atoms with Crippen molar-refractivity contribution in [2.24, 2.45) is 0 Å². The van der Waals surface area contributed by atoms with Gasteiger partial charge >= 0.3 is 0 Å². The van der Waals surface area contributed by atoms with Crippen LogP contribution < -0.4 is 15.8 Å². The number of nitrogens with one attached hydrogen (secondary N) is 1. The molecule has 1 aliphatic heterocycles. The lowest BCUT2D eigenvalue weighted by Gasteiger charge is -2.28. The summed E-state index contributed by atoms with van der Waals surface area (Å²) in [4.78, 5) is 11.9. The molecule has 104 valence electrons. The van der Waals surface area contributed by atoms with Gasteiger partial charge in [0, 0.05) is 12.3 Å². The van der Waals surface area contributed by atoms with Gasteiger partial charge in [0.15, 0.2) is 6.61 Å². The van der Waals surface area contributed by atoms with Crippen molar-refractivity contribution in [1.29, 1.82) is 0 Å². The van der Waals surface area contributed by atoms with Gasteiger partial charge in [-0.3, -0.25) is 4.79 Å². The van der Waals surface area contributed by atoms with Crippen LogP contribution in [0, 0.1) is 0 Å². The van der Waals surface area contributed by atoms with E-state index in [-0.39, 0.29) is 24.2 Å². The third-order valence-corrected chi connectivity index (χ3v) is 3.56. The Balaban J connectivity index is 1.83. The Morgan fingerprint density at radius 1 is 1.53 bits per heavy atom. The molecule has 2 atom stereocenters. The lowest BCUT2D eigenvalue weighted by molar-refractivity contribution is -0.125. The summed E-state index contributed by atoms with van der Waals surface area (Å²) in [5.74, 6) is 0.488. The minimum atomic E-state index is -0.304. The van der Waals surface area contributed by atoms with Crippen molar-refractivity contribution < 1.29 is 14.3 Å². The molecule has 1 aromatic carbocycles. The van der Waals surface area contributed by atoms with Crippen LogP contribution in [0.1, 0.15) is 20.3 Å². The fourth-order valence-corrected chi connectivity index (χ4v) is 2.07. The summed E-state index contributed by atoms with van der Waals surface area (Å²) in [6.45, 7) is 4.63. The quantitative estimate of drug-likeness (QED) is 0.805. The molecule has 1 heterocycles. The third kappa shape index (κ3) is 3.38. The number of nitrogens with two attached hydrogens (primary N) is 1. The lowest BCUT2D eigenvalue weighted by Crippen LogP contribution is -2.52. The van der Waals surface area contributed by atoms with Gasteiger partial charge in [-0.15, -0.1) is 0 Å². The maximum Gasteiger partial charge on any atom is 0.258 e. The van der Waals surface area contributed by atoms with Crippen molar-refractivity contribution in [3.8, 4) is 5.75 Å². The smallest absolute Gasteiger partial charge is 0.258 e. The lowest BCUT2D eigenvalue weighted by atomic mass is 9.95. The van der Waals surface area contributed by atoms with Crippen LogP contribution in [0.25, 0.3) is 0 Å². The molecule has 0 aliphatic carbocycles. The van der Waals surface area contributed by atoms with Crippen molar-refractivity contribution >= 4 is 11.6 Å². The number of hydrogen-bond donors (Lipinski definition) is 2. The first-order chi connectivity index (χ1) is 8.99. The summed E-state index contributed by atoms with van der Waals surface area (Å²) in [6.07, 6.45) is 0.842. The van der Waals surface area contributed by atoms with E-state index in [1.807, 2.05) is 13.8 Å². The van der Waals surface area contributed by atoms with Crippen LogP contribution >= 0.6 is 0 Å². The van der Waals surface area contributed by atoms with Gasteiger partial charge in [-0.2, -0.15) is 0 Å². The van der Waals surface area contributed by atoms with Gasteiger partial charge in [0.1, 0.15) is 5.75 Å². The molecule has 0 bridgehead atoms. The maximum atomic E-state index is 11.9. The average Bonchev–Trinajstić information content (AvgIpc) is 2.68. The molecule has 2 rings (SSSR count). The molecule has 0 saturated carbocycles. The first kappa shape index (κ1) is 13.7. The molecule has 5 heteroatoms. The highest BCUT2D eigenvalue weighted by Crippen LogP contribution is 2.24. The number of carbonyl (C=O) groups excluding carboxylic acids is 1. The van der Waals surface area contributed by atoms with Crippen molar-refractivity contribution in [2.75, 3.05) is 18.9 Å². The van der Waals surface area contributed by atoms with Crippen LogP contribution in [0.2, 0.25) is 0 Å². The largest absolute Gasteiger partial charge is 0.484 e. The highest BCUT2D eigenvalue weighted by atomic mass is 16.5. The SMILES string of the molecule is CC1OCCC1(C)NC(=O)COc1ccc(N)cc1. The Bertz CT molecular complexity index is 447. The van der Waals surface area contributed by atoms with Crippen LogP contribution in [0.3, 0.4) is 0 Å². The standard InChI is InChI=1S/C14H20N2O3/c1-10-14(2,7-8-18-10)16-13(17)9-19-12-5-3-11(15)4-6-12/h3-6,10H,7-9,15H2,1-2H3,(H,16,17). The second-order valence-corrected chi connectivity index (χ2v) is 5.09. The van der Waals surface area contributed by atoms with Crippen LogP contribution in [0.15, 0.2) is 24.3 Å². The normalized spacial score (nSPS) is 26.1. The summed E-state index contributed by atoms with van der Waals surface area (Å²) < 4.78 is 10.9. The maximum absolute atomic E-state index is 11.9. The van der Waals surface area contributed by atoms with Crippen LogP contribution in [-0.4, -0.2) is 30.8 Å². The molecule has 1 fully saturated rings. The van der Waals surface area contributed by atoms with E-state index < -0.39 is 0 Å². The van der Waals surface area contributed by atoms with Gasteiger partial charge < -0.3 is 20.5 Å². The summed E-state index contributed by atoms with van der Waals surface area (Å²) in [6, 6.07) is 6.96. The fourth-order valence-electron chi connectivity index (χ4n) is 2.07. The van der Waals surface area contributed by atoms with Crippen molar-refractivity contribution in [3.63, 3.8) is 0 Å². The Morgan fingerprint density at radius 3 is 2.79 bits per heavy atom. The van der Waals surface area contributed by atoms with Gasteiger partial charge in [-0.05, 0) is 44.5 Å². The first-order valence-corrected chi connectivity index (χ1v) is 6.40.